The van der Waals surface area contributed by atoms with Crippen molar-refractivity contribution in [3.8, 4) is 11.5 Å². The number of oxazole rings is 1. The molecule has 3 saturated carbocycles. The van der Waals surface area contributed by atoms with Crippen molar-refractivity contribution in [3.63, 3.8) is 0 Å². The van der Waals surface area contributed by atoms with Crippen molar-refractivity contribution in [1.29, 1.82) is 0 Å². The predicted octanol–water partition coefficient (Wildman–Crippen LogP) is 6.28. The molecule has 2 heterocycles. The van der Waals surface area contributed by atoms with Gasteiger partial charge in [0.2, 0.25) is 0 Å². The summed E-state index contributed by atoms with van der Waals surface area (Å²) in [5.41, 5.74) is 1.12. The maximum atomic E-state index is 15.7. The van der Waals surface area contributed by atoms with Gasteiger partial charge in [-0.15, -0.1) is 0 Å². The molecule has 3 aliphatic carbocycles. The van der Waals surface area contributed by atoms with Crippen molar-refractivity contribution < 1.29 is 27.8 Å². The maximum Gasteiger partial charge on any atom is 0.298 e. The molecule has 7 rings (SSSR count). The number of nitrogens with one attached hydrogen (secondary N) is 1. The van der Waals surface area contributed by atoms with E-state index in [-0.39, 0.29) is 41.2 Å². The van der Waals surface area contributed by atoms with Gasteiger partial charge in [0.25, 0.3) is 11.9 Å². The summed E-state index contributed by atoms with van der Waals surface area (Å²) in [7, 11) is 3.66. The van der Waals surface area contributed by atoms with E-state index in [0.29, 0.717) is 43.2 Å². The quantitative estimate of drug-likeness (QED) is 0.243. The Balaban J connectivity index is 1.24. The molecule has 0 spiro atoms. The highest BCUT2D eigenvalue weighted by molar-refractivity contribution is 6.04. The van der Waals surface area contributed by atoms with Crippen LogP contribution in [0.4, 0.5) is 16.1 Å². The highest BCUT2D eigenvalue weighted by atomic mass is 19.1. The van der Waals surface area contributed by atoms with Crippen molar-refractivity contribution in [1.82, 2.24) is 9.88 Å². The number of carbonyl (C=O) groups is 1. The second kappa shape index (κ2) is 12.8. The summed E-state index contributed by atoms with van der Waals surface area (Å²) in [5, 5.41) is 2.84. The van der Waals surface area contributed by atoms with Crippen LogP contribution >= 0.6 is 0 Å². The van der Waals surface area contributed by atoms with Crippen molar-refractivity contribution in [2.24, 2.45) is 11.8 Å². The molecule has 1 N–H and O–H groups in total. The van der Waals surface area contributed by atoms with E-state index in [0.717, 1.165) is 31.4 Å². The third-order valence-electron chi connectivity index (χ3n) is 9.48. The Morgan fingerprint density at radius 1 is 1.14 bits per heavy atom. The van der Waals surface area contributed by atoms with Crippen LogP contribution in [-0.4, -0.2) is 61.3 Å². The number of fused-ring (bicyclic) bond motifs is 2. The van der Waals surface area contributed by atoms with E-state index in [1.165, 1.54) is 18.9 Å². The lowest BCUT2D eigenvalue weighted by molar-refractivity contribution is -0.0379. The first-order valence-corrected chi connectivity index (χ1v) is 15.7. The summed E-state index contributed by atoms with van der Waals surface area (Å²) in [6, 6.07) is 13.0. The zero-order valence-corrected chi connectivity index (χ0v) is 26.1. The number of methoxy groups -OCH3 is 1. The molecule has 0 unspecified atom stereocenters. The summed E-state index contributed by atoms with van der Waals surface area (Å²) in [5.74, 6) is 1.06. The molecule has 1 aromatic heterocycles. The SMILES string of the molecule is CCN(C)Cc1oc(N2CC(CC)(OC)C2)nc1C(=O)Nc1cc(F)c(OC2CC3CC(C3)C2)c(OCc2ccccc2)c1. The first kappa shape index (κ1) is 30.4. The second-order valence-corrected chi connectivity index (χ2v) is 12.6. The van der Waals surface area contributed by atoms with Gasteiger partial charge in [-0.25, -0.2) is 4.39 Å². The fourth-order valence-corrected chi connectivity index (χ4v) is 6.55. The molecular formula is C34H43FN4O5. The summed E-state index contributed by atoms with van der Waals surface area (Å²) < 4.78 is 39.9. The Bertz CT molecular complexity index is 1440. The average molecular weight is 607 g/mol. The van der Waals surface area contributed by atoms with Gasteiger partial charge in [0.05, 0.1) is 25.7 Å². The lowest BCUT2D eigenvalue weighted by atomic mass is 9.64. The number of aromatic nitrogens is 1. The van der Waals surface area contributed by atoms with Gasteiger partial charge in [-0.2, -0.15) is 4.98 Å². The van der Waals surface area contributed by atoms with E-state index < -0.39 is 11.7 Å². The first-order chi connectivity index (χ1) is 21.3. The molecule has 236 valence electrons. The van der Waals surface area contributed by atoms with Crippen LogP contribution in [0.1, 0.15) is 67.8 Å². The van der Waals surface area contributed by atoms with E-state index in [1.54, 1.807) is 13.2 Å². The van der Waals surface area contributed by atoms with E-state index in [1.807, 2.05) is 54.1 Å². The smallest absolute Gasteiger partial charge is 0.298 e. The summed E-state index contributed by atoms with van der Waals surface area (Å²) >= 11 is 0. The fourth-order valence-electron chi connectivity index (χ4n) is 6.55. The molecule has 2 aromatic carbocycles. The van der Waals surface area contributed by atoms with Gasteiger partial charge in [0.15, 0.2) is 28.8 Å². The number of anilines is 2. The van der Waals surface area contributed by atoms with Crippen LogP contribution in [0.5, 0.6) is 11.5 Å². The van der Waals surface area contributed by atoms with Gasteiger partial charge >= 0.3 is 0 Å². The molecule has 0 radical (unpaired) electrons. The molecule has 9 nitrogen and oxygen atoms in total. The number of rotatable bonds is 13. The number of amides is 1. The van der Waals surface area contributed by atoms with E-state index in [2.05, 4.69) is 17.2 Å². The third-order valence-corrected chi connectivity index (χ3v) is 9.48. The molecule has 4 aliphatic rings. The van der Waals surface area contributed by atoms with Crippen molar-refractivity contribution >= 4 is 17.6 Å². The molecule has 44 heavy (non-hydrogen) atoms. The van der Waals surface area contributed by atoms with Crippen LogP contribution in [-0.2, 0) is 17.9 Å². The Kier molecular flexibility index (Phi) is 8.82. The van der Waals surface area contributed by atoms with Crippen LogP contribution in [0.15, 0.2) is 46.9 Å². The van der Waals surface area contributed by atoms with Crippen LogP contribution in [0.2, 0.25) is 0 Å². The van der Waals surface area contributed by atoms with Crippen LogP contribution in [0.3, 0.4) is 0 Å². The molecule has 1 saturated heterocycles. The van der Waals surface area contributed by atoms with Crippen molar-refractivity contribution in [2.45, 2.75) is 70.8 Å². The standard InChI is InChI=1S/C34H43FN4O5/c1-5-34(41-4)20-39(21-34)33-37-30(29(44-33)18-38(3)6-2)32(40)36-25-16-27(35)31(43-26-14-23-12-24(13-23)15-26)28(17-25)42-19-22-10-8-7-9-11-22/h7-11,16-17,23-24,26H,5-6,12-15,18-21H2,1-4H3,(H,36,40). The van der Waals surface area contributed by atoms with Crippen molar-refractivity contribution in [3.05, 3.63) is 65.3 Å². The molecule has 1 amide bonds. The largest absolute Gasteiger partial charge is 0.485 e. The number of hydrogen-bond donors (Lipinski definition) is 1. The van der Waals surface area contributed by atoms with Gasteiger partial charge in [-0.05, 0) is 63.1 Å². The zero-order valence-electron chi connectivity index (χ0n) is 26.1. The fraction of sp³-hybridized carbons (Fsp3) is 0.529. The summed E-state index contributed by atoms with van der Waals surface area (Å²) in [6.07, 6.45) is 5.16. The van der Waals surface area contributed by atoms with Crippen LogP contribution in [0, 0.1) is 17.7 Å². The van der Waals surface area contributed by atoms with Gasteiger partial charge in [-0.3, -0.25) is 9.69 Å². The highest BCUT2D eigenvalue weighted by Crippen LogP contribution is 2.47. The maximum absolute atomic E-state index is 15.7. The third kappa shape index (κ3) is 6.42. The van der Waals surface area contributed by atoms with Crippen LogP contribution < -0.4 is 19.7 Å². The lowest BCUT2D eigenvalue weighted by Gasteiger charge is -2.47. The topological polar surface area (TPSA) is 89.3 Å². The number of nitrogens with zero attached hydrogens (tertiary/aromatic N) is 3. The first-order valence-electron chi connectivity index (χ1n) is 15.7. The van der Waals surface area contributed by atoms with Crippen LogP contribution in [0.25, 0.3) is 0 Å². The predicted molar refractivity (Wildman–Crippen MR) is 166 cm³/mol. The van der Waals surface area contributed by atoms with Gasteiger partial charge in [0, 0.05) is 24.9 Å². The molecular weight excluding hydrogens is 563 g/mol. The normalized spacial score (nSPS) is 21.9. The Labute approximate surface area is 258 Å². The highest BCUT2D eigenvalue weighted by Gasteiger charge is 2.44. The molecule has 4 fully saturated rings. The lowest BCUT2D eigenvalue weighted by Crippen LogP contribution is -2.62. The molecule has 3 aromatic rings. The number of ether oxygens (including phenoxy) is 3. The Morgan fingerprint density at radius 3 is 2.52 bits per heavy atom. The molecule has 0 atom stereocenters. The number of hydrogen-bond acceptors (Lipinski definition) is 8. The monoisotopic (exact) mass is 606 g/mol. The minimum Gasteiger partial charge on any atom is -0.485 e. The summed E-state index contributed by atoms with van der Waals surface area (Å²) in [4.78, 5) is 22.2. The number of benzene rings is 2. The van der Waals surface area contributed by atoms with E-state index >= 15 is 4.39 Å². The Morgan fingerprint density at radius 2 is 1.86 bits per heavy atom. The molecule has 1 aliphatic heterocycles. The number of halogens is 1. The van der Waals surface area contributed by atoms with Gasteiger partial charge < -0.3 is 28.8 Å². The van der Waals surface area contributed by atoms with E-state index in [9.17, 15) is 4.79 Å². The average Bonchev–Trinajstić information content (AvgIpc) is 3.41. The zero-order chi connectivity index (χ0) is 30.8. The van der Waals surface area contributed by atoms with Gasteiger partial charge in [-0.1, -0.05) is 44.2 Å². The minimum absolute atomic E-state index is 0.0424. The second-order valence-electron chi connectivity index (χ2n) is 12.6. The number of carbonyl (C=O) groups excluding carboxylic acids is 1. The summed E-state index contributed by atoms with van der Waals surface area (Å²) in [6.45, 7) is 6.77. The van der Waals surface area contributed by atoms with E-state index in [4.69, 9.17) is 18.6 Å². The van der Waals surface area contributed by atoms with Crippen molar-refractivity contribution in [2.75, 3.05) is 44.0 Å². The molecule has 10 heteroatoms. The minimum atomic E-state index is -0.576. The Hall–Kier alpha value is -3.63. The molecule has 2 bridgehead atoms. The van der Waals surface area contributed by atoms with Gasteiger partial charge in [0.1, 0.15) is 12.2 Å².